The van der Waals surface area contributed by atoms with E-state index in [1.54, 1.807) is 6.20 Å². The molecule has 0 aliphatic heterocycles. The highest BCUT2D eigenvalue weighted by Crippen LogP contribution is 2.24. The van der Waals surface area contributed by atoms with Crippen LogP contribution in [-0.4, -0.2) is 36.1 Å². The summed E-state index contributed by atoms with van der Waals surface area (Å²) in [4.78, 5) is 6.66. The zero-order valence-corrected chi connectivity index (χ0v) is 13.4. The number of rotatable bonds is 7. The molecule has 1 unspecified atom stereocenters. The van der Waals surface area contributed by atoms with Crippen LogP contribution in [0.2, 0.25) is 5.02 Å². The molecule has 0 spiro atoms. The van der Waals surface area contributed by atoms with Crippen molar-refractivity contribution in [1.82, 2.24) is 10.3 Å². The lowest BCUT2D eigenvalue weighted by molar-refractivity contribution is 0.685. The van der Waals surface area contributed by atoms with Gasteiger partial charge in [-0.2, -0.15) is 11.8 Å². The van der Waals surface area contributed by atoms with Crippen LogP contribution in [0.15, 0.2) is 12.3 Å². The van der Waals surface area contributed by atoms with E-state index in [-0.39, 0.29) is 0 Å². The fourth-order valence-corrected chi connectivity index (χ4v) is 2.79. The molecule has 3 nitrogen and oxygen atoms in total. The van der Waals surface area contributed by atoms with Gasteiger partial charge in [0.2, 0.25) is 0 Å². The standard InChI is InChI=1S/C14H22ClN3S/c1-10(9-19-3)18(2)14-6-11(13(15)8-17-14)7-16-12-4-5-12/h6,8,10,12,16H,4-5,7,9H2,1-3H3. The second kappa shape index (κ2) is 6.82. The summed E-state index contributed by atoms with van der Waals surface area (Å²) in [5, 5.41) is 4.25. The van der Waals surface area contributed by atoms with Crippen LogP contribution in [0.3, 0.4) is 0 Å². The van der Waals surface area contributed by atoms with Crippen LogP contribution < -0.4 is 10.2 Å². The van der Waals surface area contributed by atoms with E-state index in [0.29, 0.717) is 12.1 Å². The maximum Gasteiger partial charge on any atom is 0.128 e. The van der Waals surface area contributed by atoms with Crippen LogP contribution in [0.5, 0.6) is 0 Å². The summed E-state index contributed by atoms with van der Waals surface area (Å²) in [5.74, 6) is 2.09. The molecule has 1 aliphatic rings. The molecule has 0 radical (unpaired) electrons. The van der Waals surface area contributed by atoms with E-state index in [0.717, 1.165) is 28.7 Å². The van der Waals surface area contributed by atoms with Crippen molar-refractivity contribution in [3.8, 4) is 0 Å². The third kappa shape index (κ3) is 4.26. The molecule has 106 valence electrons. The summed E-state index contributed by atoms with van der Waals surface area (Å²) < 4.78 is 0. The van der Waals surface area contributed by atoms with Gasteiger partial charge in [0.1, 0.15) is 5.82 Å². The van der Waals surface area contributed by atoms with Gasteiger partial charge >= 0.3 is 0 Å². The Morgan fingerprint density at radius 1 is 1.58 bits per heavy atom. The van der Waals surface area contributed by atoms with E-state index >= 15 is 0 Å². The predicted molar refractivity (Wildman–Crippen MR) is 85.4 cm³/mol. The Hall–Kier alpha value is -0.450. The van der Waals surface area contributed by atoms with E-state index < -0.39 is 0 Å². The van der Waals surface area contributed by atoms with Crippen molar-refractivity contribution in [2.45, 2.75) is 38.4 Å². The second-order valence-corrected chi connectivity index (χ2v) is 6.52. The van der Waals surface area contributed by atoms with Gasteiger partial charge in [0.15, 0.2) is 0 Å². The fourth-order valence-electron chi connectivity index (χ4n) is 1.92. The molecular formula is C14H22ClN3S. The predicted octanol–water partition coefficient (Wildman–Crippen LogP) is 3.17. The maximum absolute atomic E-state index is 6.22. The third-order valence-corrected chi connectivity index (χ3v) is 4.67. The fraction of sp³-hybridized carbons (Fsp3) is 0.643. The van der Waals surface area contributed by atoms with Crippen molar-refractivity contribution in [1.29, 1.82) is 0 Å². The Balaban J connectivity index is 2.05. The number of thioether (sulfide) groups is 1. The molecule has 1 saturated carbocycles. The first kappa shape index (κ1) is 14.9. The molecule has 1 aromatic heterocycles. The van der Waals surface area contributed by atoms with Crippen LogP contribution in [-0.2, 0) is 6.54 Å². The summed E-state index contributed by atoms with van der Waals surface area (Å²) >= 11 is 8.08. The molecule has 1 heterocycles. The molecule has 5 heteroatoms. The van der Waals surface area contributed by atoms with E-state index in [2.05, 4.69) is 41.5 Å². The van der Waals surface area contributed by atoms with Gasteiger partial charge in [-0.05, 0) is 37.7 Å². The Morgan fingerprint density at radius 2 is 2.32 bits per heavy atom. The van der Waals surface area contributed by atoms with E-state index in [4.69, 9.17) is 11.6 Å². The van der Waals surface area contributed by atoms with Crippen molar-refractivity contribution in [3.63, 3.8) is 0 Å². The van der Waals surface area contributed by atoms with Gasteiger partial charge in [-0.15, -0.1) is 0 Å². The summed E-state index contributed by atoms with van der Waals surface area (Å²) in [6.45, 7) is 3.05. The number of pyridine rings is 1. The van der Waals surface area contributed by atoms with Gasteiger partial charge in [0.25, 0.3) is 0 Å². The van der Waals surface area contributed by atoms with Crippen molar-refractivity contribution < 1.29 is 0 Å². The van der Waals surface area contributed by atoms with Gasteiger partial charge < -0.3 is 10.2 Å². The highest BCUT2D eigenvalue weighted by atomic mass is 35.5. The SMILES string of the molecule is CSCC(C)N(C)c1cc(CNC2CC2)c(Cl)cn1. The molecule has 1 aromatic rings. The Kier molecular flexibility index (Phi) is 5.37. The molecule has 1 atom stereocenters. The minimum atomic E-state index is 0.466. The first-order valence-corrected chi connectivity index (χ1v) is 8.48. The van der Waals surface area contributed by atoms with Gasteiger partial charge in [0.05, 0.1) is 5.02 Å². The second-order valence-electron chi connectivity index (χ2n) is 5.20. The zero-order chi connectivity index (χ0) is 13.8. The van der Waals surface area contributed by atoms with Crippen LogP contribution in [0.1, 0.15) is 25.3 Å². The summed E-state index contributed by atoms with van der Waals surface area (Å²) in [7, 11) is 2.09. The molecule has 0 saturated heterocycles. The average Bonchev–Trinajstić information content (AvgIpc) is 3.21. The van der Waals surface area contributed by atoms with Crippen molar-refractivity contribution >= 4 is 29.2 Å². The van der Waals surface area contributed by atoms with Crippen molar-refractivity contribution in [3.05, 3.63) is 22.8 Å². The monoisotopic (exact) mass is 299 g/mol. The number of halogens is 1. The van der Waals surface area contributed by atoms with Crippen LogP contribution >= 0.6 is 23.4 Å². The Bertz CT molecular complexity index is 423. The highest BCUT2D eigenvalue weighted by molar-refractivity contribution is 7.98. The number of hydrogen-bond acceptors (Lipinski definition) is 4. The lowest BCUT2D eigenvalue weighted by Crippen LogP contribution is -2.31. The summed E-state index contributed by atoms with van der Waals surface area (Å²) in [6.07, 6.45) is 6.48. The minimum absolute atomic E-state index is 0.466. The van der Waals surface area contributed by atoms with Crippen molar-refractivity contribution in [2.24, 2.45) is 0 Å². The van der Waals surface area contributed by atoms with Gasteiger partial charge in [0, 0.05) is 37.6 Å². The summed E-state index contributed by atoms with van der Waals surface area (Å²) in [5.41, 5.74) is 1.14. The van der Waals surface area contributed by atoms with Crippen LogP contribution in [0.25, 0.3) is 0 Å². The largest absolute Gasteiger partial charge is 0.356 e. The quantitative estimate of drug-likeness (QED) is 0.837. The lowest BCUT2D eigenvalue weighted by Gasteiger charge is -2.26. The number of aromatic nitrogens is 1. The molecule has 2 rings (SSSR count). The molecule has 0 aromatic carbocycles. The van der Waals surface area contributed by atoms with Crippen molar-refractivity contribution in [2.75, 3.05) is 24.0 Å². The van der Waals surface area contributed by atoms with E-state index in [9.17, 15) is 0 Å². The van der Waals surface area contributed by atoms with E-state index in [1.165, 1.54) is 12.8 Å². The Morgan fingerprint density at radius 3 is 2.95 bits per heavy atom. The molecule has 1 N–H and O–H groups in total. The number of nitrogens with one attached hydrogen (secondary N) is 1. The lowest BCUT2D eigenvalue weighted by atomic mass is 10.2. The van der Waals surface area contributed by atoms with Gasteiger partial charge in [-0.3, -0.25) is 0 Å². The normalized spacial score (nSPS) is 16.4. The van der Waals surface area contributed by atoms with Gasteiger partial charge in [-0.25, -0.2) is 4.98 Å². The van der Waals surface area contributed by atoms with Gasteiger partial charge in [-0.1, -0.05) is 11.6 Å². The van der Waals surface area contributed by atoms with Crippen LogP contribution in [0, 0.1) is 0 Å². The zero-order valence-electron chi connectivity index (χ0n) is 11.8. The first-order chi connectivity index (χ1) is 9.11. The average molecular weight is 300 g/mol. The smallest absolute Gasteiger partial charge is 0.128 e. The molecule has 1 fully saturated rings. The highest BCUT2D eigenvalue weighted by Gasteiger charge is 2.21. The molecule has 0 bridgehead atoms. The molecule has 19 heavy (non-hydrogen) atoms. The molecule has 1 aliphatic carbocycles. The topological polar surface area (TPSA) is 28.2 Å². The number of hydrogen-bond donors (Lipinski definition) is 1. The summed E-state index contributed by atoms with van der Waals surface area (Å²) in [6, 6.07) is 3.27. The number of nitrogens with zero attached hydrogens (tertiary/aromatic N) is 2. The minimum Gasteiger partial charge on any atom is -0.356 e. The third-order valence-electron chi connectivity index (χ3n) is 3.51. The maximum atomic E-state index is 6.22. The van der Waals surface area contributed by atoms with Crippen LogP contribution in [0.4, 0.5) is 5.82 Å². The molecular weight excluding hydrogens is 278 g/mol. The Labute approximate surface area is 125 Å². The van der Waals surface area contributed by atoms with E-state index in [1.807, 2.05) is 11.8 Å². The number of anilines is 1. The first-order valence-electron chi connectivity index (χ1n) is 6.71. The molecule has 0 amide bonds.